The fourth-order valence-electron chi connectivity index (χ4n) is 1.54. The summed E-state index contributed by atoms with van der Waals surface area (Å²) >= 11 is 11.8. The number of carbonyl (C=O) groups is 1. The lowest BCUT2D eigenvalue weighted by Gasteiger charge is -2.24. The highest BCUT2D eigenvalue weighted by Gasteiger charge is 2.22. The van der Waals surface area contributed by atoms with Gasteiger partial charge in [0.05, 0.1) is 12.6 Å². The number of alkyl carbamates (subject to hydrolysis) is 1. The number of cyclic esters (lactones) is 1. The van der Waals surface area contributed by atoms with Crippen LogP contribution in [0.15, 0.2) is 18.2 Å². The highest BCUT2D eigenvalue weighted by Crippen LogP contribution is 2.29. The molecule has 1 atom stereocenters. The van der Waals surface area contributed by atoms with Gasteiger partial charge in [0.15, 0.2) is 0 Å². The number of carbonyl (C=O) groups excluding carboxylic acids is 1. The average molecular weight is 283 g/mol. The molecule has 1 fully saturated rings. The van der Waals surface area contributed by atoms with Gasteiger partial charge in [0.1, 0.15) is 0 Å². The molecule has 6 heteroatoms. The number of nitrogens with one attached hydrogen (secondary N) is 1. The van der Waals surface area contributed by atoms with Gasteiger partial charge in [-0.05, 0) is 17.7 Å². The molecule has 16 heavy (non-hydrogen) atoms. The normalized spacial score (nSPS) is 19.4. The molecule has 1 heterocycles. The Morgan fingerprint density at radius 1 is 1.38 bits per heavy atom. The fourth-order valence-corrected chi connectivity index (χ4v) is 2.08. The number of halogens is 3. The van der Waals surface area contributed by atoms with Crippen molar-refractivity contribution in [3.05, 3.63) is 33.8 Å². The van der Waals surface area contributed by atoms with Crippen molar-refractivity contribution in [3.8, 4) is 0 Å². The largest absolute Gasteiger partial charge is 0.449 e. The van der Waals surface area contributed by atoms with E-state index in [9.17, 15) is 4.79 Å². The number of hydrogen-bond acceptors (Lipinski definition) is 2. The first-order valence-corrected chi connectivity index (χ1v) is 5.30. The van der Waals surface area contributed by atoms with Gasteiger partial charge in [-0.25, -0.2) is 4.79 Å². The Bertz CT molecular complexity index is 398. The van der Waals surface area contributed by atoms with E-state index in [-0.39, 0.29) is 18.4 Å². The minimum Gasteiger partial charge on any atom is -0.449 e. The van der Waals surface area contributed by atoms with Crippen molar-refractivity contribution < 1.29 is 9.53 Å². The minimum absolute atomic E-state index is 0. The van der Waals surface area contributed by atoms with Crippen LogP contribution in [-0.2, 0) is 4.74 Å². The average Bonchev–Trinajstić information content (AvgIpc) is 2.17. The molecule has 0 spiro atoms. The molecular weight excluding hydrogens is 272 g/mol. The molecule has 0 saturated carbocycles. The molecule has 1 saturated heterocycles. The van der Waals surface area contributed by atoms with Crippen molar-refractivity contribution in [2.24, 2.45) is 0 Å². The van der Waals surface area contributed by atoms with E-state index in [0.717, 1.165) is 5.56 Å². The van der Waals surface area contributed by atoms with Gasteiger partial charge in [-0.15, -0.1) is 12.4 Å². The maximum absolute atomic E-state index is 11.0. The Morgan fingerprint density at radius 3 is 2.75 bits per heavy atom. The topological polar surface area (TPSA) is 38.3 Å². The second-order valence-electron chi connectivity index (χ2n) is 3.29. The van der Waals surface area contributed by atoms with Crippen molar-refractivity contribution in [1.82, 2.24) is 5.32 Å². The number of benzene rings is 1. The second-order valence-corrected chi connectivity index (χ2v) is 4.13. The summed E-state index contributed by atoms with van der Waals surface area (Å²) in [6.45, 7) is 0.412. The van der Waals surface area contributed by atoms with Crippen molar-refractivity contribution in [2.75, 3.05) is 6.61 Å². The molecule has 1 amide bonds. The van der Waals surface area contributed by atoms with Crippen molar-refractivity contribution in [2.45, 2.75) is 12.5 Å². The molecule has 0 radical (unpaired) electrons. The molecular formula is C10H10Cl3NO2. The first-order chi connectivity index (χ1) is 7.16. The van der Waals surface area contributed by atoms with Gasteiger partial charge < -0.3 is 10.1 Å². The van der Waals surface area contributed by atoms with E-state index in [1.807, 2.05) is 6.07 Å². The maximum atomic E-state index is 11.0. The van der Waals surface area contributed by atoms with Crippen LogP contribution in [0.1, 0.15) is 18.0 Å². The van der Waals surface area contributed by atoms with Crippen molar-refractivity contribution in [3.63, 3.8) is 0 Å². The van der Waals surface area contributed by atoms with Gasteiger partial charge in [0, 0.05) is 16.5 Å². The molecule has 0 aromatic heterocycles. The molecule has 88 valence electrons. The lowest BCUT2D eigenvalue weighted by Crippen LogP contribution is -2.35. The summed E-state index contributed by atoms with van der Waals surface area (Å²) in [5.41, 5.74) is 0.873. The highest BCUT2D eigenvalue weighted by molar-refractivity contribution is 6.35. The first kappa shape index (κ1) is 13.4. The molecule has 3 nitrogen and oxygen atoms in total. The van der Waals surface area contributed by atoms with Gasteiger partial charge in [-0.3, -0.25) is 0 Å². The molecule has 1 aromatic rings. The fraction of sp³-hybridized carbons (Fsp3) is 0.300. The van der Waals surface area contributed by atoms with Crippen LogP contribution in [0.3, 0.4) is 0 Å². The Hall–Kier alpha value is -0.640. The summed E-state index contributed by atoms with van der Waals surface area (Å²) in [4.78, 5) is 11.0. The zero-order valence-corrected chi connectivity index (χ0v) is 10.5. The number of ether oxygens (including phenoxy) is 1. The lowest BCUT2D eigenvalue weighted by atomic mass is 10.0. The molecule has 1 N–H and O–H groups in total. The van der Waals surface area contributed by atoms with Gasteiger partial charge in [-0.1, -0.05) is 29.3 Å². The second kappa shape index (κ2) is 5.62. The van der Waals surface area contributed by atoms with Crippen LogP contribution < -0.4 is 5.32 Å². The van der Waals surface area contributed by atoms with Crippen LogP contribution in [0, 0.1) is 0 Å². The van der Waals surface area contributed by atoms with Crippen molar-refractivity contribution >= 4 is 41.7 Å². The van der Waals surface area contributed by atoms with Gasteiger partial charge in [0.2, 0.25) is 0 Å². The lowest BCUT2D eigenvalue weighted by molar-refractivity contribution is 0.115. The van der Waals surface area contributed by atoms with Crippen LogP contribution in [0.25, 0.3) is 0 Å². The summed E-state index contributed by atoms with van der Waals surface area (Å²) < 4.78 is 4.77. The third kappa shape index (κ3) is 2.94. The summed E-state index contributed by atoms with van der Waals surface area (Å²) in [6.07, 6.45) is 0.310. The van der Waals surface area contributed by atoms with E-state index in [0.29, 0.717) is 23.1 Å². The Labute approximate surface area is 109 Å². The summed E-state index contributed by atoms with van der Waals surface area (Å²) in [5.74, 6) is 0. The smallest absolute Gasteiger partial charge is 0.407 e. The van der Waals surface area contributed by atoms with Crippen LogP contribution in [0.2, 0.25) is 10.0 Å². The Kier molecular flexibility index (Phi) is 4.71. The molecule has 1 aromatic carbocycles. The molecule has 1 aliphatic rings. The van der Waals surface area contributed by atoms with Gasteiger partial charge in [-0.2, -0.15) is 0 Å². The molecule has 0 bridgehead atoms. The minimum atomic E-state index is -0.405. The highest BCUT2D eigenvalue weighted by atomic mass is 35.5. The summed E-state index contributed by atoms with van der Waals surface area (Å²) in [7, 11) is 0. The number of rotatable bonds is 1. The molecule has 0 unspecified atom stereocenters. The summed E-state index contributed by atoms with van der Waals surface area (Å²) in [5, 5.41) is 3.85. The maximum Gasteiger partial charge on any atom is 0.407 e. The zero-order chi connectivity index (χ0) is 10.8. The van der Waals surface area contributed by atoms with Crippen LogP contribution in [-0.4, -0.2) is 12.7 Å². The van der Waals surface area contributed by atoms with E-state index in [2.05, 4.69) is 5.32 Å². The van der Waals surface area contributed by atoms with Crippen LogP contribution in [0.5, 0.6) is 0 Å². The Morgan fingerprint density at radius 2 is 2.12 bits per heavy atom. The zero-order valence-electron chi connectivity index (χ0n) is 8.20. The standard InChI is InChI=1S/C10H9Cl2NO2.ClH/c11-6-1-2-7(8(12)5-6)9-3-4-15-10(14)13-9;/h1-2,5,9H,3-4H2,(H,13,14);1H/t9-;/m1./s1. The van der Waals surface area contributed by atoms with E-state index >= 15 is 0 Å². The van der Waals surface area contributed by atoms with Gasteiger partial charge >= 0.3 is 6.09 Å². The predicted octanol–water partition coefficient (Wildman–Crippen LogP) is 3.59. The molecule has 2 rings (SSSR count). The van der Waals surface area contributed by atoms with Crippen LogP contribution in [0.4, 0.5) is 4.79 Å². The molecule has 1 aliphatic heterocycles. The summed E-state index contributed by atoms with van der Waals surface area (Å²) in [6, 6.07) is 5.15. The first-order valence-electron chi connectivity index (χ1n) is 4.55. The monoisotopic (exact) mass is 281 g/mol. The van der Waals surface area contributed by atoms with E-state index in [1.54, 1.807) is 12.1 Å². The Balaban J connectivity index is 0.00000128. The van der Waals surface area contributed by atoms with Crippen molar-refractivity contribution in [1.29, 1.82) is 0 Å². The number of amides is 1. The quantitative estimate of drug-likeness (QED) is 0.855. The SMILES string of the molecule is Cl.O=C1N[C@@H](c2ccc(Cl)cc2Cl)CCO1. The third-order valence-electron chi connectivity index (χ3n) is 2.27. The van der Waals surface area contributed by atoms with E-state index in [1.165, 1.54) is 0 Å². The number of hydrogen-bond donors (Lipinski definition) is 1. The molecule has 0 aliphatic carbocycles. The van der Waals surface area contributed by atoms with Crippen LogP contribution >= 0.6 is 35.6 Å². The van der Waals surface area contributed by atoms with E-state index < -0.39 is 6.09 Å². The predicted molar refractivity (Wildman–Crippen MR) is 65.6 cm³/mol. The third-order valence-corrected chi connectivity index (χ3v) is 2.83. The van der Waals surface area contributed by atoms with E-state index in [4.69, 9.17) is 27.9 Å². The van der Waals surface area contributed by atoms with Gasteiger partial charge in [0.25, 0.3) is 0 Å².